The van der Waals surface area contributed by atoms with E-state index >= 15 is 0 Å². The molecular weight excluding hydrogens is 488 g/mol. The van der Waals surface area contributed by atoms with Gasteiger partial charge in [0.25, 0.3) is 0 Å². The lowest BCUT2D eigenvalue weighted by Gasteiger charge is -2.41. The number of nitrogens with one attached hydrogen (secondary N) is 1. The van der Waals surface area contributed by atoms with Crippen LogP contribution in [0.4, 0.5) is 5.69 Å². The van der Waals surface area contributed by atoms with Gasteiger partial charge in [-0.2, -0.15) is 0 Å². The number of anilines is 1. The van der Waals surface area contributed by atoms with E-state index in [4.69, 9.17) is 0 Å². The van der Waals surface area contributed by atoms with Gasteiger partial charge in [-0.25, -0.2) is 0 Å². The molecule has 1 aliphatic carbocycles. The predicted molar refractivity (Wildman–Crippen MR) is 140 cm³/mol. The summed E-state index contributed by atoms with van der Waals surface area (Å²) < 4.78 is 0.939. The number of aliphatic hydroxyl groups is 1. The predicted octanol–water partition coefficient (Wildman–Crippen LogP) is 7.31. The van der Waals surface area contributed by atoms with Gasteiger partial charge in [0.2, 0.25) is 0 Å². The largest absolute Gasteiger partial charge is 0.507 e. The molecule has 0 fully saturated rings. The number of aliphatic hydroxyl groups excluding tert-OH is 1. The van der Waals surface area contributed by atoms with E-state index in [-0.39, 0.29) is 17.4 Å². The third-order valence-electron chi connectivity index (χ3n) is 6.55. The van der Waals surface area contributed by atoms with Crippen LogP contribution in [-0.4, -0.2) is 16.7 Å². The molecule has 3 aromatic carbocycles. The first kappa shape index (κ1) is 22.4. The molecule has 1 atom stereocenters. The number of Topliss-reactive ketones (excluding diaryl/α,β-unsaturated/α-hetero) is 1. The van der Waals surface area contributed by atoms with Gasteiger partial charge in [0.1, 0.15) is 11.6 Å². The molecule has 3 aromatic rings. The van der Waals surface area contributed by atoms with E-state index in [1.807, 2.05) is 90.7 Å². The number of carbonyl (C=O) groups excluding carboxylic acids is 1. The molecule has 2 aliphatic rings. The third kappa shape index (κ3) is 3.90. The second kappa shape index (κ2) is 9.07. The van der Waals surface area contributed by atoms with Crippen molar-refractivity contribution in [3.05, 3.63) is 117 Å². The van der Waals surface area contributed by atoms with E-state index in [2.05, 4.69) is 15.9 Å². The van der Waals surface area contributed by atoms with E-state index in [9.17, 15) is 15.3 Å². The van der Waals surface area contributed by atoms with Crippen molar-refractivity contribution in [3.8, 4) is 0 Å². The third-order valence-corrected chi connectivity index (χ3v) is 7.08. The van der Waals surface area contributed by atoms with Gasteiger partial charge in [0.15, 0.2) is 5.78 Å². The summed E-state index contributed by atoms with van der Waals surface area (Å²) in [5, 5.41) is 20.9. The number of amidine groups is 1. The van der Waals surface area contributed by atoms with Gasteiger partial charge in [0.05, 0.1) is 0 Å². The zero-order valence-corrected chi connectivity index (χ0v) is 20.5. The zero-order chi connectivity index (χ0) is 23.8. The average molecular weight is 513 g/mol. The minimum atomic E-state index is -0.497. The maximum absolute atomic E-state index is 13.5. The number of ketones is 1. The first-order valence-corrected chi connectivity index (χ1v) is 12.2. The topological polar surface area (TPSA) is 64.4 Å². The van der Waals surface area contributed by atoms with Gasteiger partial charge in [-0.05, 0) is 49.6 Å². The monoisotopic (exact) mass is 512 g/mol. The number of carbonyl (C=O) groups is 1. The molecule has 0 spiro atoms. The first-order chi connectivity index (χ1) is 16.5. The van der Waals surface area contributed by atoms with E-state index in [0.29, 0.717) is 29.6 Å². The SMILES string of the molecule is Cc1ccc([C@@H]2C(=C(O)c3ccccc3)C(=N)N(c3ccc(Br)cc3)C3=C2C(=O)CCC3)cc1. The summed E-state index contributed by atoms with van der Waals surface area (Å²) in [5.74, 6) is -0.187. The summed E-state index contributed by atoms with van der Waals surface area (Å²) in [6.07, 6.45) is 1.94. The second-order valence-electron chi connectivity index (χ2n) is 8.77. The minimum absolute atomic E-state index is 0.0308. The quantitative estimate of drug-likeness (QED) is 0.361. The van der Waals surface area contributed by atoms with E-state index in [1.54, 1.807) is 0 Å². The van der Waals surface area contributed by atoms with Crippen LogP contribution in [0.3, 0.4) is 0 Å². The van der Waals surface area contributed by atoms with Crippen molar-refractivity contribution in [2.75, 3.05) is 4.90 Å². The molecule has 5 rings (SSSR count). The molecule has 0 bridgehead atoms. The van der Waals surface area contributed by atoms with Crippen molar-refractivity contribution in [2.45, 2.75) is 32.1 Å². The first-order valence-electron chi connectivity index (χ1n) is 11.4. The summed E-state index contributed by atoms with van der Waals surface area (Å²) in [5.41, 5.74) is 5.45. The van der Waals surface area contributed by atoms with E-state index < -0.39 is 5.92 Å². The van der Waals surface area contributed by atoms with E-state index in [1.165, 1.54) is 0 Å². The molecule has 170 valence electrons. The second-order valence-corrected chi connectivity index (χ2v) is 9.69. The van der Waals surface area contributed by atoms with Gasteiger partial charge in [-0.1, -0.05) is 76.1 Å². The molecule has 1 heterocycles. The molecule has 0 saturated heterocycles. The molecule has 0 aromatic heterocycles. The fourth-order valence-corrected chi connectivity index (χ4v) is 5.18. The maximum atomic E-state index is 13.5. The van der Waals surface area contributed by atoms with Crippen molar-refractivity contribution in [1.29, 1.82) is 5.41 Å². The Bertz CT molecular complexity index is 1320. The summed E-state index contributed by atoms with van der Waals surface area (Å²) in [6.45, 7) is 2.02. The number of allylic oxidation sites excluding steroid dienone is 2. The van der Waals surface area contributed by atoms with Crippen molar-refractivity contribution in [3.63, 3.8) is 0 Å². The molecule has 5 heteroatoms. The number of benzene rings is 3. The standard InChI is InChI=1S/C29H25BrN2O2/c1-18-10-12-19(13-11-18)25-26-23(8-5-9-24(26)33)32(22-16-14-21(30)15-17-22)29(31)27(25)28(34)20-6-3-2-4-7-20/h2-4,6-7,10-17,25,31,34H,5,8-9H2,1H3/t25-/m0/s1. The molecular formula is C29H25BrN2O2. The van der Waals surface area contributed by atoms with Crippen molar-refractivity contribution in [2.24, 2.45) is 0 Å². The van der Waals surface area contributed by atoms with Crippen molar-refractivity contribution >= 4 is 39.0 Å². The number of halogens is 1. The lowest BCUT2D eigenvalue weighted by molar-refractivity contribution is -0.116. The van der Waals surface area contributed by atoms with Crippen LogP contribution in [0.25, 0.3) is 5.76 Å². The summed E-state index contributed by atoms with van der Waals surface area (Å²) in [4.78, 5) is 15.3. The fourth-order valence-electron chi connectivity index (χ4n) is 4.91. The summed E-state index contributed by atoms with van der Waals surface area (Å²) >= 11 is 3.49. The highest BCUT2D eigenvalue weighted by atomic mass is 79.9. The Labute approximate surface area is 207 Å². The molecule has 4 nitrogen and oxygen atoms in total. The van der Waals surface area contributed by atoms with Gasteiger partial charge in [0, 0.05) is 44.9 Å². The van der Waals surface area contributed by atoms with Gasteiger partial charge in [-0.15, -0.1) is 0 Å². The average Bonchev–Trinajstić information content (AvgIpc) is 2.85. The summed E-state index contributed by atoms with van der Waals surface area (Å²) in [6, 6.07) is 25.1. The van der Waals surface area contributed by atoms with Crippen LogP contribution in [0, 0.1) is 12.3 Å². The molecule has 2 N–H and O–H groups in total. The lowest BCUT2D eigenvalue weighted by atomic mass is 9.73. The number of nitrogens with zero attached hydrogens (tertiary/aromatic N) is 1. The van der Waals surface area contributed by atoms with Crippen LogP contribution in [0.15, 0.2) is 100 Å². The van der Waals surface area contributed by atoms with Gasteiger partial charge in [-0.3, -0.25) is 15.1 Å². The van der Waals surface area contributed by atoms with Crippen LogP contribution in [0.2, 0.25) is 0 Å². The number of hydrogen-bond acceptors (Lipinski definition) is 3. The molecule has 0 amide bonds. The van der Waals surface area contributed by atoms with Crippen LogP contribution < -0.4 is 4.90 Å². The number of hydrogen-bond donors (Lipinski definition) is 2. The van der Waals surface area contributed by atoms with Crippen LogP contribution in [0.1, 0.15) is 41.9 Å². The Balaban J connectivity index is 1.82. The molecule has 1 aliphatic heterocycles. The van der Waals surface area contributed by atoms with Gasteiger partial charge < -0.3 is 5.11 Å². The van der Waals surface area contributed by atoms with Gasteiger partial charge >= 0.3 is 0 Å². The maximum Gasteiger partial charge on any atom is 0.161 e. The highest BCUT2D eigenvalue weighted by Crippen LogP contribution is 2.47. The number of aryl methyl sites for hydroxylation is 1. The molecule has 0 unspecified atom stereocenters. The molecule has 0 saturated carbocycles. The normalized spacial score (nSPS) is 19.8. The van der Waals surface area contributed by atoms with Crippen LogP contribution >= 0.6 is 15.9 Å². The Morgan fingerprint density at radius 1 is 0.971 bits per heavy atom. The minimum Gasteiger partial charge on any atom is -0.507 e. The lowest BCUT2D eigenvalue weighted by Crippen LogP contribution is -2.42. The zero-order valence-electron chi connectivity index (χ0n) is 18.9. The summed E-state index contributed by atoms with van der Waals surface area (Å²) in [7, 11) is 0. The Morgan fingerprint density at radius 2 is 1.65 bits per heavy atom. The molecule has 34 heavy (non-hydrogen) atoms. The van der Waals surface area contributed by atoms with Crippen LogP contribution in [-0.2, 0) is 4.79 Å². The highest BCUT2D eigenvalue weighted by molar-refractivity contribution is 9.10. The number of rotatable bonds is 3. The Hall–Kier alpha value is -3.44. The van der Waals surface area contributed by atoms with Crippen LogP contribution in [0.5, 0.6) is 0 Å². The molecule has 0 radical (unpaired) electrons. The van der Waals surface area contributed by atoms with Crippen molar-refractivity contribution in [1.82, 2.24) is 0 Å². The fraction of sp³-hybridized carbons (Fsp3) is 0.172. The Morgan fingerprint density at radius 3 is 2.32 bits per heavy atom. The smallest absolute Gasteiger partial charge is 0.161 e. The van der Waals surface area contributed by atoms with E-state index in [0.717, 1.165) is 33.4 Å². The Kier molecular flexibility index (Phi) is 5.96. The van der Waals surface area contributed by atoms with Crippen molar-refractivity contribution < 1.29 is 9.90 Å². The highest BCUT2D eigenvalue weighted by Gasteiger charge is 2.43.